The molecule has 0 aliphatic carbocycles. The van der Waals surface area contributed by atoms with Crippen molar-refractivity contribution in [2.45, 2.75) is 26.3 Å². The molecular formula is C13H19N3OS. The molecule has 1 amide bonds. The van der Waals surface area contributed by atoms with Gasteiger partial charge in [-0.25, -0.2) is 4.98 Å². The first-order valence-electron chi connectivity index (χ1n) is 6.45. The van der Waals surface area contributed by atoms with Crippen LogP contribution in [-0.4, -0.2) is 41.0 Å². The molecule has 0 bridgehead atoms. The normalized spacial score (nSPS) is 29.6. The van der Waals surface area contributed by atoms with Gasteiger partial charge in [0, 0.05) is 30.6 Å². The van der Waals surface area contributed by atoms with Crippen LogP contribution in [0, 0.1) is 18.8 Å². The number of carbonyl (C=O) groups excluding carboxylic acids is 1. The minimum Gasteiger partial charge on any atom is -0.331 e. The van der Waals surface area contributed by atoms with Gasteiger partial charge in [-0.15, -0.1) is 11.3 Å². The predicted molar refractivity (Wildman–Crippen MR) is 71.8 cm³/mol. The molecule has 1 N–H and O–H groups in total. The van der Waals surface area contributed by atoms with Crippen molar-refractivity contribution in [3.8, 4) is 0 Å². The molecule has 4 nitrogen and oxygen atoms in total. The van der Waals surface area contributed by atoms with E-state index in [-0.39, 0.29) is 11.4 Å². The summed E-state index contributed by atoms with van der Waals surface area (Å²) in [6.07, 6.45) is 0. The number of nitrogens with zero attached hydrogens (tertiary/aromatic N) is 2. The van der Waals surface area contributed by atoms with Crippen LogP contribution in [0.15, 0.2) is 5.38 Å². The standard InChI is InChI=1S/C13H19N3OS/c1-8-15-11(7-18-8)12(17)16-6-9-4-14-5-10(9)13(16,2)3/h7,9-10,14H,4-6H2,1-3H3. The Bertz CT molecular complexity index is 482. The fourth-order valence-electron chi connectivity index (χ4n) is 3.37. The summed E-state index contributed by atoms with van der Waals surface area (Å²) in [5.74, 6) is 1.27. The minimum absolute atomic E-state index is 0.0667. The van der Waals surface area contributed by atoms with Crippen molar-refractivity contribution in [3.05, 3.63) is 16.1 Å². The Morgan fingerprint density at radius 3 is 2.94 bits per heavy atom. The summed E-state index contributed by atoms with van der Waals surface area (Å²) < 4.78 is 0. The largest absolute Gasteiger partial charge is 0.331 e. The molecule has 2 saturated heterocycles. The van der Waals surface area contributed by atoms with E-state index >= 15 is 0 Å². The summed E-state index contributed by atoms with van der Waals surface area (Å²) in [5.41, 5.74) is 0.543. The van der Waals surface area contributed by atoms with Crippen molar-refractivity contribution in [1.29, 1.82) is 0 Å². The summed E-state index contributed by atoms with van der Waals surface area (Å²) in [4.78, 5) is 18.9. The molecule has 3 heterocycles. The van der Waals surface area contributed by atoms with Gasteiger partial charge in [0.05, 0.1) is 5.01 Å². The molecule has 2 aliphatic rings. The van der Waals surface area contributed by atoms with E-state index in [2.05, 4.69) is 24.1 Å². The van der Waals surface area contributed by atoms with Gasteiger partial charge < -0.3 is 10.2 Å². The summed E-state index contributed by atoms with van der Waals surface area (Å²) in [5, 5.41) is 6.26. The SMILES string of the molecule is Cc1nc(C(=O)N2CC3CNCC3C2(C)C)cs1. The van der Waals surface area contributed by atoms with Gasteiger partial charge in [-0.1, -0.05) is 0 Å². The second-order valence-electron chi connectivity index (χ2n) is 5.85. The van der Waals surface area contributed by atoms with E-state index in [4.69, 9.17) is 0 Å². The van der Waals surface area contributed by atoms with Crippen LogP contribution < -0.4 is 5.32 Å². The summed E-state index contributed by atoms with van der Waals surface area (Å²) in [6.45, 7) is 9.23. The first-order chi connectivity index (χ1) is 8.50. The van der Waals surface area contributed by atoms with E-state index in [1.165, 1.54) is 0 Å². The highest BCUT2D eigenvalue weighted by molar-refractivity contribution is 7.09. The van der Waals surface area contributed by atoms with Gasteiger partial charge in [0.2, 0.25) is 0 Å². The zero-order valence-corrected chi connectivity index (χ0v) is 11.9. The smallest absolute Gasteiger partial charge is 0.273 e. The number of rotatable bonds is 1. The highest BCUT2D eigenvalue weighted by Gasteiger charge is 2.51. The quantitative estimate of drug-likeness (QED) is 0.837. The number of amides is 1. The number of likely N-dealkylation sites (tertiary alicyclic amines) is 1. The van der Waals surface area contributed by atoms with Crippen molar-refractivity contribution in [1.82, 2.24) is 15.2 Å². The van der Waals surface area contributed by atoms with Crippen LogP contribution >= 0.6 is 11.3 Å². The molecule has 3 rings (SSSR count). The molecule has 0 radical (unpaired) electrons. The Kier molecular flexibility index (Phi) is 2.71. The number of thiazole rings is 1. The Hall–Kier alpha value is -0.940. The van der Waals surface area contributed by atoms with E-state index in [9.17, 15) is 4.79 Å². The number of hydrogen-bond acceptors (Lipinski definition) is 4. The Morgan fingerprint density at radius 2 is 2.33 bits per heavy atom. The zero-order valence-electron chi connectivity index (χ0n) is 11.1. The molecule has 0 spiro atoms. The van der Waals surface area contributed by atoms with Crippen molar-refractivity contribution in [2.24, 2.45) is 11.8 Å². The monoisotopic (exact) mass is 265 g/mol. The van der Waals surface area contributed by atoms with Gasteiger partial charge in [0.1, 0.15) is 5.69 Å². The van der Waals surface area contributed by atoms with Crippen molar-refractivity contribution in [3.63, 3.8) is 0 Å². The molecule has 5 heteroatoms. The summed E-state index contributed by atoms with van der Waals surface area (Å²) in [7, 11) is 0. The van der Waals surface area contributed by atoms with Crippen LogP contribution in [-0.2, 0) is 0 Å². The average Bonchev–Trinajstić information content (AvgIpc) is 2.96. The third-order valence-corrected chi connectivity index (χ3v) is 5.22. The van der Waals surface area contributed by atoms with Crippen LogP contribution in [0.5, 0.6) is 0 Å². The first kappa shape index (κ1) is 12.1. The van der Waals surface area contributed by atoms with Crippen LogP contribution in [0.2, 0.25) is 0 Å². The third-order valence-electron chi connectivity index (χ3n) is 4.44. The van der Waals surface area contributed by atoms with Crippen LogP contribution in [0.4, 0.5) is 0 Å². The maximum absolute atomic E-state index is 12.6. The zero-order chi connectivity index (χ0) is 12.9. The molecular weight excluding hydrogens is 246 g/mol. The maximum Gasteiger partial charge on any atom is 0.273 e. The average molecular weight is 265 g/mol. The molecule has 98 valence electrons. The molecule has 1 aromatic heterocycles. The number of hydrogen-bond donors (Lipinski definition) is 1. The minimum atomic E-state index is -0.0667. The fraction of sp³-hybridized carbons (Fsp3) is 0.692. The second kappa shape index (κ2) is 4.03. The Labute approximate surface area is 111 Å². The highest BCUT2D eigenvalue weighted by Crippen LogP contribution is 2.41. The lowest BCUT2D eigenvalue weighted by atomic mass is 9.85. The number of carbonyl (C=O) groups is 1. The van der Waals surface area contributed by atoms with Crippen LogP contribution in [0.3, 0.4) is 0 Å². The highest BCUT2D eigenvalue weighted by atomic mass is 32.1. The topological polar surface area (TPSA) is 45.2 Å². The van der Waals surface area contributed by atoms with Gasteiger partial charge in [-0.05, 0) is 32.6 Å². The molecule has 18 heavy (non-hydrogen) atoms. The lowest BCUT2D eigenvalue weighted by molar-refractivity contribution is 0.0598. The number of aryl methyl sites for hydroxylation is 1. The van der Waals surface area contributed by atoms with Crippen LogP contribution in [0.1, 0.15) is 29.3 Å². The molecule has 0 aromatic carbocycles. The van der Waals surface area contributed by atoms with Gasteiger partial charge >= 0.3 is 0 Å². The molecule has 2 unspecified atom stereocenters. The Balaban J connectivity index is 1.87. The van der Waals surface area contributed by atoms with Gasteiger partial charge in [0.15, 0.2) is 0 Å². The number of nitrogens with one attached hydrogen (secondary N) is 1. The van der Waals surface area contributed by atoms with E-state index in [0.717, 1.165) is 24.6 Å². The van der Waals surface area contributed by atoms with Crippen molar-refractivity contribution < 1.29 is 4.79 Å². The number of aromatic nitrogens is 1. The van der Waals surface area contributed by atoms with Crippen molar-refractivity contribution in [2.75, 3.05) is 19.6 Å². The van der Waals surface area contributed by atoms with E-state index < -0.39 is 0 Å². The van der Waals surface area contributed by atoms with Crippen LogP contribution in [0.25, 0.3) is 0 Å². The van der Waals surface area contributed by atoms with E-state index in [1.54, 1.807) is 11.3 Å². The van der Waals surface area contributed by atoms with Gasteiger partial charge in [-0.2, -0.15) is 0 Å². The summed E-state index contributed by atoms with van der Waals surface area (Å²) >= 11 is 1.54. The molecule has 2 aliphatic heterocycles. The summed E-state index contributed by atoms with van der Waals surface area (Å²) in [6, 6.07) is 0. The molecule has 2 atom stereocenters. The molecule has 0 saturated carbocycles. The maximum atomic E-state index is 12.6. The second-order valence-corrected chi connectivity index (χ2v) is 6.91. The van der Waals surface area contributed by atoms with Crippen molar-refractivity contribution >= 4 is 17.2 Å². The lowest BCUT2D eigenvalue weighted by Gasteiger charge is -2.35. The molecule has 2 fully saturated rings. The Morgan fingerprint density at radius 1 is 1.56 bits per heavy atom. The fourth-order valence-corrected chi connectivity index (χ4v) is 3.95. The van der Waals surface area contributed by atoms with Gasteiger partial charge in [-0.3, -0.25) is 4.79 Å². The van der Waals surface area contributed by atoms with Gasteiger partial charge in [0.25, 0.3) is 5.91 Å². The van der Waals surface area contributed by atoms with E-state index in [0.29, 0.717) is 17.5 Å². The molecule has 1 aromatic rings. The predicted octanol–water partition coefficient (Wildman–Crippen LogP) is 1.52. The van der Waals surface area contributed by atoms with E-state index in [1.807, 2.05) is 17.2 Å². The first-order valence-corrected chi connectivity index (χ1v) is 7.33. The number of fused-ring (bicyclic) bond motifs is 1. The third kappa shape index (κ3) is 1.68. The lowest BCUT2D eigenvalue weighted by Crippen LogP contribution is -2.47.